The number of piperidine rings is 1. The molecule has 0 unspecified atom stereocenters. The lowest BCUT2D eigenvalue weighted by Gasteiger charge is -2.33. The summed E-state index contributed by atoms with van der Waals surface area (Å²) in [5.41, 5.74) is 1.96. The number of aromatic nitrogens is 2. The van der Waals surface area contributed by atoms with Gasteiger partial charge in [-0.25, -0.2) is 9.97 Å². The van der Waals surface area contributed by atoms with Crippen LogP contribution in [0.1, 0.15) is 12.8 Å². The third-order valence-corrected chi connectivity index (χ3v) is 6.21. The van der Waals surface area contributed by atoms with Gasteiger partial charge in [0.2, 0.25) is 5.91 Å². The van der Waals surface area contributed by atoms with E-state index in [9.17, 15) is 4.79 Å². The normalized spacial score (nSPS) is 18.4. The second-order valence-electron chi connectivity index (χ2n) is 8.52. The quantitative estimate of drug-likeness (QED) is 0.598. The average Bonchev–Trinajstić information content (AvgIpc) is 2.91. The predicted molar refractivity (Wildman–Crippen MR) is 132 cm³/mol. The molecule has 3 heterocycles. The molecule has 3 aromatic rings. The number of rotatable bonds is 6. The topological polar surface area (TPSA) is 79.8 Å². The first-order valence-electron chi connectivity index (χ1n) is 11.8. The van der Waals surface area contributed by atoms with E-state index in [0.29, 0.717) is 24.0 Å². The number of morpholine rings is 1. The zero-order chi connectivity index (χ0) is 23.2. The Bertz CT molecular complexity index is 1090. The van der Waals surface area contributed by atoms with Crippen LogP contribution in [0, 0.1) is 5.92 Å². The number of carbonyl (C=O) groups excluding carboxylic acids is 1. The van der Waals surface area contributed by atoms with Gasteiger partial charge in [-0.3, -0.25) is 4.79 Å². The van der Waals surface area contributed by atoms with Gasteiger partial charge in [0.05, 0.1) is 19.1 Å². The Morgan fingerprint density at radius 3 is 2.50 bits per heavy atom. The van der Waals surface area contributed by atoms with Crippen LogP contribution in [0.3, 0.4) is 0 Å². The molecule has 1 atom stereocenters. The summed E-state index contributed by atoms with van der Waals surface area (Å²) in [7, 11) is 0. The van der Waals surface area contributed by atoms with Gasteiger partial charge < -0.3 is 24.6 Å². The molecule has 2 fully saturated rings. The molecule has 0 aliphatic carbocycles. The van der Waals surface area contributed by atoms with Crippen molar-refractivity contribution >= 4 is 23.1 Å². The molecule has 0 spiro atoms. The highest BCUT2D eigenvalue weighted by molar-refractivity contribution is 5.93. The van der Waals surface area contributed by atoms with Crippen LogP contribution in [0.2, 0.25) is 0 Å². The highest BCUT2D eigenvalue weighted by Crippen LogP contribution is 2.31. The van der Waals surface area contributed by atoms with E-state index in [2.05, 4.69) is 37.2 Å². The Morgan fingerprint density at radius 1 is 0.941 bits per heavy atom. The fraction of sp³-hybridized carbons (Fsp3) is 0.346. The number of nitrogens with one attached hydrogen (secondary N) is 1. The van der Waals surface area contributed by atoms with Gasteiger partial charge in [-0.2, -0.15) is 0 Å². The molecule has 176 valence electrons. The highest BCUT2D eigenvalue weighted by Gasteiger charge is 2.28. The van der Waals surface area contributed by atoms with Gasteiger partial charge in [0, 0.05) is 49.9 Å². The minimum absolute atomic E-state index is 0.0261. The average molecular weight is 460 g/mol. The predicted octanol–water partition coefficient (Wildman–Crippen LogP) is 3.96. The van der Waals surface area contributed by atoms with Crippen LogP contribution in [0.4, 0.5) is 17.2 Å². The molecule has 0 radical (unpaired) electrons. The Morgan fingerprint density at radius 2 is 1.71 bits per heavy atom. The van der Waals surface area contributed by atoms with Crippen molar-refractivity contribution in [1.29, 1.82) is 0 Å². The third kappa shape index (κ3) is 5.28. The van der Waals surface area contributed by atoms with Gasteiger partial charge in [0.25, 0.3) is 5.88 Å². The fourth-order valence-corrected chi connectivity index (χ4v) is 4.41. The molecule has 1 aromatic heterocycles. The van der Waals surface area contributed by atoms with Crippen LogP contribution >= 0.6 is 0 Å². The summed E-state index contributed by atoms with van der Waals surface area (Å²) in [6.45, 7) is 4.66. The molecule has 2 aliphatic rings. The van der Waals surface area contributed by atoms with Crippen molar-refractivity contribution in [2.45, 2.75) is 12.8 Å². The largest absolute Gasteiger partial charge is 0.436 e. The molecule has 1 amide bonds. The van der Waals surface area contributed by atoms with Crippen LogP contribution in [0.5, 0.6) is 11.6 Å². The molecule has 8 nitrogen and oxygen atoms in total. The highest BCUT2D eigenvalue weighted by atomic mass is 16.5. The molecule has 8 heteroatoms. The maximum absolute atomic E-state index is 13.1. The summed E-state index contributed by atoms with van der Waals surface area (Å²) in [6.07, 6.45) is 5.02. The number of hydrogen-bond donors (Lipinski definition) is 1. The van der Waals surface area contributed by atoms with E-state index in [4.69, 9.17) is 9.47 Å². The fourth-order valence-electron chi connectivity index (χ4n) is 4.41. The molecule has 5 rings (SSSR count). The molecule has 34 heavy (non-hydrogen) atoms. The van der Waals surface area contributed by atoms with E-state index in [0.717, 1.165) is 57.1 Å². The van der Waals surface area contributed by atoms with E-state index < -0.39 is 0 Å². The molecule has 2 saturated heterocycles. The number of ether oxygens (including phenoxy) is 2. The summed E-state index contributed by atoms with van der Waals surface area (Å²) in [5.74, 6) is 1.71. The maximum Gasteiger partial charge on any atom is 0.263 e. The Kier molecular flexibility index (Phi) is 6.86. The first kappa shape index (κ1) is 22.2. The van der Waals surface area contributed by atoms with Gasteiger partial charge >= 0.3 is 0 Å². The number of para-hydroxylation sites is 1. The first-order chi connectivity index (χ1) is 16.8. The van der Waals surface area contributed by atoms with E-state index in [1.54, 1.807) is 12.4 Å². The smallest absolute Gasteiger partial charge is 0.263 e. The minimum atomic E-state index is -0.140. The van der Waals surface area contributed by atoms with Crippen molar-refractivity contribution in [2.75, 3.05) is 54.5 Å². The van der Waals surface area contributed by atoms with Crippen LogP contribution < -0.4 is 19.9 Å². The molecular formula is C26H29N5O3. The number of nitrogens with zero attached hydrogens (tertiary/aromatic N) is 4. The van der Waals surface area contributed by atoms with E-state index in [1.165, 1.54) is 0 Å². The van der Waals surface area contributed by atoms with Gasteiger partial charge in [-0.1, -0.05) is 18.2 Å². The number of amides is 1. The van der Waals surface area contributed by atoms with Crippen LogP contribution in [-0.2, 0) is 9.53 Å². The molecule has 2 aromatic carbocycles. The standard InChI is InChI=1S/C26H29N5O3/c32-25(29-21-8-10-22(11-9-21)30-15-17-33-18-16-30)20-5-4-14-31(19-20)24-26(28-13-12-27-24)34-23-6-2-1-3-7-23/h1-3,6-13,20H,4-5,14-19H2,(H,29,32)/t20-/m0/s1. The zero-order valence-corrected chi connectivity index (χ0v) is 19.1. The van der Waals surface area contributed by atoms with E-state index >= 15 is 0 Å². The number of hydrogen-bond acceptors (Lipinski definition) is 7. The number of benzene rings is 2. The van der Waals surface area contributed by atoms with Gasteiger partial charge in [-0.15, -0.1) is 0 Å². The summed E-state index contributed by atoms with van der Waals surface area (Å²) < 4.78 is 11.4. The van der Waals surface area contributed by atoms with Crippen LogP contribution in [-0.4, -0.2) is 55.3 Å². The van der Waals surface area contributed by atoms with Crippen LogP contribution in [0.25, 0.3) is 0 Å². The number of anilines is 3. The van der Waals surface area contributed by atoms with Crippen molar-refractivity contribution in [3.8, 4) is 11.6 Å². The van der Waals surface area contributed by atoms with Gasteiger partial charge in [0.15, 0.2) is 5.82 Å². The van der Waals surface area contributed by atoms with Gasteiger partial charge in [-0.05, 0) is 49.2 Å². The zero-order valence-electron chi connectivity index (χ0n) is 19.1. The van der Waals surface area contributed by atoms with Crippen molar-refractivity contribution in [3.05, 3.63) is 67.0 Å². The second-order valence-corrected chi connectivity index (χ2v) is 8.52. The first-order valence-corrected chi connectivity index (χ1v) is 11.8. The van der Waals surface area contributed by atoms with Crippen molar-refractivity contribution in [3.63, 3.8) is 0 Å². The van der Waals surface area contributed by atoms with Gasteiger partial charge in [0.1, 0.15) is 5.75 Å². The molecular weight excluding hydrogens is 430 g/mol. The SMILES string of the molecule is O=C(Nc1ccc(N2CCOCC2)cc1)[C@H]1CCCN(c2nccnc2Oc2ccccc2)C1. The Balaban J connectivity index is 1.23. The van der Waals surface area contributed by atoms with Crippen molar-refractivity contribution in [2.24, 2.45) is 5.92 Å². The Labute approximate surface area is 199 Å². The minimum Gasteiger partial charge on any atom is -0.436 e. The number of carbonyl (C=O) groups is 1. The lowest BCUT2D eigenvalue weighted by atomic mass is 9.97. The lowest BCUT2D eigenvalue weighted by molar-refractivity contribution is -0.120. The molecule has 0 bridgehead atoms. The van der Waals surface area contributed by atoms with Crippen molar-refractivity contribution < 1.29 is 14.3 Å². The monoisotopic (exact) mass is 459 g/mol. The maximum atomic E-state index is 13.1. The summed E-state index contributed by atoms with van der Waals surface area (Å²) >= 11 is 0. The van der Waals surface area contributed by atoms with E-state index in [-0.39, 0.29) is 11.8 Å². The third-order valence-electron chi connectivity index (χ3n) is 6.21. The second kappa shape index (κ2) is 10.5. The molecule has 0 saturated carbocycles. The van der Waals surface area contributed by atoms with Crippen molar-refractivity contribution in [1.82, 2.24) is 9.97 Å². The summed E-state index contributed by atoms with van der Waals surface area (Å²) in [4.78, 5) is 26.4. The Hall–Kier alpha value is -3.65. The summed E-state index contributed by atoms with van der Waals surface area (Å²) in [6, 6.07) is 17.6. The molecule has 1 N–H and O–H groups in total. The van der Waals surface area contributed by atoms with E-state index in [1.807, 2.05) is 42.5 Å². The molecule has 2 aliphatic heterocycles. The lowest BCUT2D eigenvalue weighted by Crippen LogP contribution is -2.41. The summed E-state index contributed by atoms with van der Waals surface area (Å²) in [5, 5.41) is 3.09. The van der Waals surface area contributed by atoms with Crippen LogP contribution in [0.15, 0.2) is 67.0 Å².